The van der Waals surface area contributed by atoms with Crippen molar-refractivity contribution < 1.29 is 4.42 Å². The first-order chi connectivity index (χ1) is 9.31. The second kappa shape index (κ2) is 5.32. The second-order valence-electron chi connectivity index (χ2n) is 4.79. The summed E-state index contributed by atoms with van der Waals surface area (Å²) in [6.07, 6.45) is 3.44. The lowest BCUT2D eigenvalue weighted by molar-refractivity contribution is 0.230. The minimum Gasteiger partial charge on any atom is -0.468 e. The maximum atomic E-state index is 5.65. The van der Waals surface area contributed by atoms with Crippen LogP contribution < -0.4 is 10.6 Å². The van der Waals surface area contributed by atoms with E-state index in [2.05, 4.69) is 14.8 Å². The van der Waals surface area contributed by atoms with Crippen molar-refractivity contribution in [1.29, 1.82) is 0 Å². The standard InChI is InChI=1S/C14H18N4O/c15-12-3-4-14(16-10-12)18-7-5-17(6-8-18)11-13-2-1-9-19-13/h1-4,9-10H,5-8,11,15H2. The van der Waals surface area contributed by atoms with Gasteiger partial charge < -0.3 is 15.1 Å². The second-order valence-corrected chi connectivity index (χ2v) is 4.79. The third-order valence-corrected chi connectivity index (χ3v) is 3.43. The first kappa shape index (κ1) is 12.0. The Bertz CT molecular complexity index is 501. The van der Waals surface area contributed by atoms with Gasteiger partial charge in [-0.3, -0.25) is 4.90 Å². The van der Waals surface area contributed by atoms with Crippen molar-refractivity contribution in [3.63, 3.8) is 0 Å². The molecule has 1 aliphatic rings. The van der Waals surface area contributed by atoms with Gasteiger partial charge in [-0.15, -0.1) is 0 Å². The number of aromatic nitrogens is 1. The van der Waals surface area contributed by atoms with Crippen molar-refractivity contribution in [2.75, 3.05) is 36.8 Å². The molecule has 3 rings (SSSR count). The zero-order valence-electron chi connectivity index (χ0n) is 10.8. The molecule has 2 N–H and O–H groups in total. The lowest BCUT2D eigenvalue weighted by Crippen LogP contribution is -2.46. The smallest absolute Gasteiger partial charge is 0.128 e. The number of hydrogen-bond donors (Lipinski definition) is 1. The Labute approximate surface area is 112 Å². The molecule has 0 aromatic carbocycles. The minimum absolute atomic E-state index is 0.709. The van der Waals surface area contributed by atoms with Crippen LogP contribution in [-0.4, -0.2) is 36.1 Å². The molecule has 0 unspecified atom stereocenters. The van der Waals surface area contributed by atoms with E-state index in [1.54, 1.807) is 12.5 Å². The van der Waals surface area contributed by atoms with Crippen LogP contribution in [0.25, 0.3) is 0 Å². The lowest BCUT2D eigenvalue weighted by Gasteiger charge is -2.34. The van der Waals surface area contributed by atoms with Gasteiger partial charge >= 0.3 is 0 Å². The number of nitrogens with zero attached hydrogens (tertiary/aromatic N) is 3. The van der Waals surface area contributed by atoms with Crippen LogP contribution in [0.5, 0.6) is 0 Å². The highest BCUT2D eigenvalue weighted by atomic mass is 16.3. The van der Waals surface area contributed by atoms with Crippen LogP contribution in [0.3, 0.4) is 0 Å². The molecule has 0 spiro atoms. The SMILES string of the molecule is Nc1ccc(N2CCN(Cc3ccco3)CC2)nc1. The largest absolute Gasteiger partial charge is 0.468 e. The number of pyridine rings is 1. The van der Waals surface area contributed by atoms with Crippen molar-refractivity contribution in [2.24, 2.45) is 0 Å². The first-order valence-electron chi connectivity index (χ1n) is 6.52. The predicted octanol–water partition coefficient (Wildman–Crippen LogP) is 1.58. The van der Waals surface area contributed by atoms with E-state index in [4.69, 9.17) is 10.2 Å². The molecule has 0 amide bonds. The number of hydrogen-bond acceptors (Lipinski definition) is 5. The Morgan fingerprint density at radius 1 is 1.16 bits per heavy atom. The maximum Gasteiger partial charge on any atom is 0.128 e. The van der Waals surface area contributed by atoms with Crippen molar-refractivity contribution >= 4 is 11.5 Å². The third-order valence-electron chi connectivity index (χ3n) is 3.43. The molecule has 0 atom stereocenters. The molecular formula is C14H18N4O. The Morgan fingerprint density at radius 2 is 2.00 bits per heavy atom. The van der Waals surface area contributed by atoms with Gasteiger partial charge in [-0.05, 0) is 24.3 Å². The summed E-state index contributed by atoms with van der Waals surface area (Å²) in [5.41, 5.74) is 6.36. The first-order valence-corrected chi connectivity index (χ1v) is 6.52. The number of nitrogen functional groups attached to an aromatic ring is 1. The summed E-state index contributed by atoms with van der Waals surface area (Å²) >= 11 is 0. The molecule has 0 saturated carbocycles. The van der Waals surface area contributed by atoms with Crippen molar-refractivity contribution in [3.05, 3.63) is 42.5 Å². The van der Waals surface area contributed by atoms with Crippen LogP contribution in [0, 0.1) is 0 Å². The summed E-state index contributed by atoms with van der Waals surface area (Å²) in [4.78, 5) is 9.05. The molecule has 19 heavy (non-hydrogen) atoms. The van der Waals surface area contributed by atoms with Crippen LogP contribution in [0.1, 0.15) is 5.76 Å². The molecule has 5 heteroatoms. The summed E-state index contributed by atoms with van der Waals surface area (Å²) in [6, 6.07) is 7.84. The van der Waals surface area contributed by atoms with E-state index < -0.39 is 0 Å². The maximum absolute atomic E-state index is 5.65. The normalized spacial score (nSPS) is 16.7. The topological polar surface area (TPSA) is 58.5 Å². The van der Waals surface area contributed by atoms with Crippen molar-refractivity contribution in [1.82, 2.24) is 9.88 Å². The van der Waals surface area contributed by atoms with E-state index in [0.29, 0.717) is 5.69 Å². The van der Waals surface area contributed by atoms with E-state index in [9.17, 15) is 0 Å². The molecule has 0 aliphatic carbocycles. The molecule has 0 bridgehead atoms. The highest BCUT2D eigenvalue weighted by Crippen LogP contribution is 2.16. The van der Waals surface area contributed by atoms with Crippen molar-refractivity contribution in [2.45, 2.75) is 6.54 Å². The number of rotatable bonds is 3. The Morgan fingerprint density at radius 3 is 2.63 bits per heavy atom. The van der Waals surface area contributed by atoms with Crippen molar-refractivity contribution in [3.8, 4) is 0 Å². The predicted molar refractivity (Wildman–Crippen MR) is 74.8 cm³/mol. The summed E-state index contributed by atoms with van der Waals surface area (Å²) in [5, 5.41) is 0. The van der Waals surface area contributed by atoms with E-state index in [1.165, 1.54) is 0 Å². The fraction of sp³-hybridized carbons (Fsp3) is 0.357. The highest BCUT2D eigenvalue weighted by molar-refractivity contribution is 5.46. The van der Waals surface area contributed by atoms with Gasteiger partial charge in [0.2, 0.25) is 0 Å². The van der Waals surface area contributed by atoms with E-state index in [0.717, 1.165) is 44.3 Å². The molecule has 2 aromatic heterocycles. The van der Waals surface area contributed by atoms with Gasteiger partial charge in [-0.2, -0.15) is 0 Å². The monoisotopic (exact) mass is 258 g/mol. The third kappa shape index (κ3) is 2.88. The van der Waals surface area contributed by atoms with Gasteiger partial charge in [-0.1, -0.05) is 0 Å². The molecule has 100 valence electrons. The van der Waals surface area contributed by atoms with Crippen LogP contribution >= 0.6 is 0 Å². The van der Waals surface area contributed by atoms with Crippen LogP contribution in [0.2, 0.25) is 0 Å². The number of anilines is 2. The molecule has 2 aromatic rings. The Hall–Kier alpha value is -2.01. The number of nitrogens with two attached hydrogens (primary N) is 1. The molecule has 1 fully saturated rings. The summed E-state index contributed by atoms with van der Waals surface area (Å²) in [6.45, 7) is 4.89. The van der Waals surface area contributed by atoms with Gasteiger partial charge in [0.1, 0.15) is 11.6 Å². The van der Waals surface area contributed by atoms with E-state index in [-0.39, 0.29) is 0 Å². The summed E-state index contributed by atoms with van der Waals surface area (Å²) in [5.74, 6) is 2.03. The highest BCUT2D eigenvalue weighted by Gasteiger charge is 2.18. The average Bonchev–Trinajstić information content (AvgIpc) is 2.94. The lowest BCUT2D eigenvalue weighted by atomic mass is 10.3. The number of piperazine rings is 1. The molecule has 1 aliphatic heterocycles. The van der Waals surface area contributed by atoms with Crippen LogP contribution in [0.15, 0.2) is 41.1 Å². The molecule has 1 saturated heterocycles. The summed E-state index contributed by atoms with van der Waals surface area (Å²) < 4.78 is 5.38. The molecule has 5 nitrogen and oxygen atoms in total. The zero-order valence-corrected chi connectivity index (χ0v) is 10.8. The van der Waals surface area contributed by atoms with E-state index in [1.807, 2.05) is 24.3 Å². The fourth-order valence-electron chi connectivity index (χ4n) is 2.34. The van der Waals surface area contributed by atoms with E-state index >= 15 is 0 Å². The molecular weight excluding hydrogens is 240 g/mol. The van der Waals surface area contributed by atoms with Gasteiger partial charge in [0.15, 0.2) is 0 Å². The van der Waals surface area contributed by atoms with Crippen LogP contribution in [-0.2, 0) is 6.54 Å². The quantitative estimate of drug-likeness (QED) is 0.905. The zero-order chi connectivity index (χ0) is 13.1. The minimum atomic E-state index is 0.709. The fourth-order valence-corrected chi connectivity index (χ4v) is 2.34. The molecule has 0 radical (unpaired) electrons. The van der Waals surface area contributed by atoms with Gasteiger partial charge in [0.25, 0.3) is 0 Å². The van der Waals surface area contributed by atoms with Gasteiger partial charge in [-0.25, -0.2) is 4.98 Å². The number of furan rings is 1. The van der Waals surface area contributed by atoms with Gasteiger partial charge in [0, 0.05) is 26.2 Å². The average molecular weight is 258 g/mol. The van der Waals surface area contributed by atoms with Gasteiger partial charge in [0.05, 0.1) is 24.7 Å². The molecule has 3 heterocycles. The van der Waals surface area contributed by atoms with Crippen LogP contribution in [0.4, 0.5) is 11.5 Å². The summed E-state index contributed by atoms with van der Waals surface area (Å²) in [7, 11) is 0. The Kier molecular flexibility index (Phi) is 3.37. The Balaban J connectivity index is 1.56.